The molecule has 1 aliphatic rings. The molecule has 0 aliphatic carbocycles. The maximum Gasteiger partial charge on any atom is 0.410 e. The Labute approximate surface area is 196 Å². The van der Waals surface area contributed by atoms with Crippen molar-refractivity contribution in [1.29, 1.82) is 0 Å². The van der Waals surface area contributed by atoms with E-state index >= 15 is 0 Å². The van der Waals surface area contributed by atoms with Crippen molar-refractivity contribution in [3.8, 4) is 11.5 Å². The van der Waals surface area contributed by atoms with Crippen LogP contribution < -0.4 is 10.2 Å². The summed E-state index contributed by atoms with van der Waals surface area (Å²) in [7, 11) is 3.25. The Morgan fingerprint density at radius 3 is 2.62 bits per heavy atom. The Balaban J connectivity index is 1.52. The van der Waals surface area contributed by atoms with E-state index < -0.39 is 23.8 Å². The zero-order valence-electron chi connectivity index (χ0n) is 18.7. The monoisotopic (exact) mass is 465 g/mol. The number of hydrogen-bond donors (Lipinski definition) is 0. The molecular weight excluding hydrogens is 443 g/mol. The van der Waals surface area contributed by atoms with Crippen molar-refractivity contribution in [3.05, 3.63) is 89.0 Å². The van der Waals surface area contributed by atoms with Crippen LogP contribution >= 0.6 is 0 Å². The predicted molar refractivity (Wildman–Crippen MR) is 123 cm³/mol. The van der Waals surface area contributed by atoms with Gasteiger partial charge in [0.1, 0.15) is 37.1 Å². The fourth-order valence-corrected chi connectivity index (χ4v) is 3.79. The molecule has 174 valence electrons. The molecule has 1 aliphatic heterocycles. The Morgan fingerprint density at radius 1 is 1.12 bits per heavy atom. The van der Waals surface area contributed by atoms with Gasteiger partial charge >= 0.3 is 12.1 Å². The highest BCUT2D eigenvalue weighted by Crippen LogP contribution is 2.31. The van der Waals surface area contributed by atoms with Crippen LogP contribution in [0.5, 0.6) is 11.5 Å². The molecule has 4 rings (SSSR count). The van der Waals surface area contributed by atoms with Crippen molar-refractivity contribution in [2.45, 2.75) is 19.1 Å². The third-order valence-electron chi connectivity index (χ3n) is 5.42. The van der Waals surface area contributed by atoms with E-state index in [1.807, 2.05) is 20.0 Å². The number of halogens is 2. The van der Waals surface area contributed by atoms with E-state index in [0.717, 1.165) is 34.8 Å². The smallest absolute Gasteiger partial charge is 0.410 e. The number of amides is 1. The van der Waals surface area contributed by atoms with E-state index in [2.05, 4.69) is 0 Å². The van der Waals surface area contributed by atoms with Gasteiger partial charge in [-0.1, -0.05) is 29.7 Å². The summed E-state index contributed by atoms with van der Waals surface area (Å²) in [6, 6.07) is 15.8. The first kappa shape index (κ1) is 23.3. The Kier molecular flexibility index (Phi) is 6.81. The summed E-state index contributed by atoms with van der Waals surface area (Å²) < 4.78 is 43.4. The molecule has 0 saturated carbocycles. The minimum Gasteiger partial charge on any atom is -0.469 e. The van der Waals surface area contributed by atoms with E-state index in [1.54, 1.807) is 30.3 Å². The van der Waals surface area contributed by atoms with Gasteiger partial charge in [0.2, 0.25) is 0 Å². The number of benzene rings is 3. The third-order valence-corrected chi connectivity index (χ3v) is 5.42. The molecular formula is C25H22BF2NO5. The van der Waals surface area contributed by atoms with Gasteiger partial charge in [-0.2, -0.15) is 0 Å². The predicted octanol–water partition coefficient (Wildman–Crippen LogP) is 3.42. The first-order valence-corrected chi connectivity index (χ1v) is 10.7. The molecule has 0 bridgehead atoms. The quantitative estimate of drug-likeness (QED) is 0.395. The van der Waals surface area contributed by atoms with Gasteiger partial charge in [-0.3, -0.25) is 9.69 Å². The molecule has 0 aromatic heterocycles. The van der Waals surface area contributed by atoms with Crippen molar-refractivity contribution in [2.75, 3.05) is 13.7 Å². The molecule has 3 aromatic carbocycles. The summed E-state index contributed by atoms with van der Waals surface area (Å²) >= 11 is 0. The van der Waals surface area contributed by atoms with Gasteiger partial charge in [-0.05, 0) is 35.9 Å². The second-order valence-corrected chi connectivity index (χ2v) is 8.07. The van der Waals surface area contributed by atoms with Crippen LogP contribution in [-0.4, -0.2) is 38.5 Å². The molecule has 1 heterocycles. The highest BCUT2D eigenvalue weighted by molar-refractivity contribution is 6.32. The maximum absolute atomic E-state index is 13.6. The van der Waals surface area contributed by atoms with Crippen molar-refractivity contribution in [1.82, 2.24) is 4.90 Å². The minimum atomic E-state index is -0.776. The fourth-order valence-electron chi connectivity index (χ4n) is 3.79. The normalized spacial score (nSPS) is 15.2. The number of methoxy groups -OCH3 is 1. The average Bonchev–Trinajstić information content (AvgIpc) is 3.15. The van der Waals surface area contributed by atoms with Crippen molar-refractivity contribution >= 4 is 25.4 Å². The fraction of sp³-hybridized carbons (Fsp3) is 0.200. The standard InChI is InChI=1S/C25H22BF2NO5/c1-32-24(30)8-15-3-2-4-21(7-15)33-22-6-5-18(26)9-17(22)13-29-14-23(34-25(29)31)16-10-19(27)12-20(28)11-16/h2-7,9-12,23H,8,13-14,26H2,1H3/t23-/m1/s1. The molecule has 6 nitrogen and oxygen atoms in total. The van der Waals surface area contributed by atoms with E-state index in [-0.39, 0.29) is 31.0 Å². The molecule has 0 unspecified atom stereocenters. The molecule has 0 N–H and O–H groups in total. The molecule has 34 heavy (non-hydrogen) atoms. The second-order valence-electron chi connectivity index (χ2n) is 8.07. The van der Waals surface area contributed by atoms with Gasteiger partial charge < -0.3 is 14.2 Å². The van der Waals surface area contributed by atoms with Crippen molar-refractivity contribution in [3.63, 3.8) is 0 Å². The van der Waals surface area contributed by atoms with E-state index in [4.69, 9.17) is 14.2 Å². The van der Waals surface area contributed by atoms with Crippen LogP contribution in [-0.2, 0) is 27.2 Å². The first-order valence-electron chi connectivity index (χ1n) is 10.7. The molecule has 1 saturated heterocycles. The summed E-state index contributed by atoms with van der Waals surface area (Å²) in [5, 5.41) is 0. The third kappa shape index (κ3) is 5.54. The Hall–Kier alpha value is -3.88. The Morgan fingerprint density at radius 2 is 1.88 bits per heavy atom. The van der Waals surface area contributed by atoms with Gasteiger partial charge in [-0.25, -0.2) is 13.6 Å². The van der Waals surface area contributed by atoms with Gasteiger partial charge in [0.25, 0.3) is 0 Å². The lowest BCUT2D eigenvalue weighted by Crippen LogP contribution is -2.24. The molecule has 1 atom stereocenters. The lowest BCUT2D eigenvalue weighted by atomic mass is 9.94. The lowest BCUT2D eigenvalue weighted by Gasteiger charge is -2.17. The zero-order valence-corrected chi connectivity index (χ0v) is 18.7. The van der Waals surface area contributed by atoms with E-state index in [1.165, 1.54) is 12.0 Å². The molecule has 0 radical (unpaired) electrons. The van der Waals surface area contributed by atoms with E-state index in [9.17, 15) is 18.4 Å². The minimum absolute atomic E-state index is 0.121. The SMILES string of the molecule is Bc1ccc(Oc2cccc(CC(=O)OC)c2)c(CN2C[C@H](c3cc(F)cc(F)c3)OC2=O)c1. The molecule has 1 fully saturated rings. The zero-order chi connectivity index (χ0) is 24.2. The number of esters is 1. The number of hydrogen-bond acceptors (Lipinski definition) is 5. The highest BCUT2D eigenvalue weighted by atomic mass is 19.1. The highest BCUT2D eigenvalue weighted by Gasteiger charge is 2.33. The van der Waals surface area contributed by atoms with E-state index in [0.29, 0.717) is 11.5 Å². The number of ether oxygens (including phenoxy) is 3. The summed E-state index contributed by atoms with van der Waals surface area (Å²) in [4.78, 5) is 25.5. The van der Waals surface area contributed by atoms with Gasteiger partial charge in [-0.15, -0.1) is 0 Å². The van der Waals surface area contributed by atoms with Crippen molar-refractivity contribution in [2.24, 2.45) is 0 Å². The van der Waals surface area contributed by atoms with Crippen LogP contribution in [0.15, 0.2) is 60.7 Å². The molecule has 9 heteroatoms. The van der Waals surface area contributed by atoms with Crippen LogP contribution in [0.2, 0.25) is 0 Å². The molecule has 0 spiro atoms. The largest absolute Gasteiger partial charge is 0.469 e. The summed E-state index contributed by atoms with van der Waals surface area (Å²) in [5.41, 5.74) is 2.71. The Bertz CT molecular complexity index is 1220. The van der Waals surface area contributed by atoms with Crippen molar-refractivity contribution < 1.29 is 32.6 Å². The van der Waals surface area contributed by atoms with Crippen LogP contribution in [0, 0.1) is 11.6 Å². The van der Waals surface area contributed by atoms with Gasteiger partial charge in [0, 0.05) is 17.2 Å². The second kappa shape index (κ2) is 9.95. The van der Waals surface area contributed by atoms with Crippen LogP contribution in [0.1, 0.15) is 22.8 Å². The number of carbonyl (C=O) groups excluding carboxylic acids is 2. The summed E-state index contributed by atoms with van der Waals surface area (Å²) in [6.45, 7) is 0.329. The summed E-state index contributed by atoms with van der Waals surface area (Å²) in [6.07, 6.45) is -1.24. The summed E-state index contributed by atoms with van der Waals surface area (Å²) in [5.74, 6) is -0.743. The molecule has 3 aromatic rings. The molecule has 1 amide bonds. The maximum atomic E-state index is 13.6. The van der Waals surface area contributed by atoms with Crippen LogP contribution in [0.25, 0.3) is 0 Å². The number of nitrogens with zero attached hydrogens (tertiary/aromatic N) is 1. The van der Waals surface area contributed by atoms with Crippen LogP contribution in [0.4, 0.5) is 13.6 Å². The topological polar surface area (TPSA) is 65.1 Å². The van der Waals surface area contributed by atoms with Crippen LogP contribution in [0.3, 0.4) is 0 Å². The number of cyclic esters (lactones) is 1. The number of rotatable bonds is 7. The first-order chi connectivity index (χ1) is 16.3. The van der Waals surface area contributed by atoms with Gasteiger partial charge in [0.15, 0.2) is 0 Å². The average molecular weight is 465 g/mol. The van der Waals surface area contributed by atoms with Gasteiger partial charge in [0.05, 0.1) is 26.6 Å². The lowest BCUT2D eigenvalue weighted by molar-refractivity contribution is -0.139. The number of carbonyl (C=O) groups is 2.